The van der Waals surface area contributed by atoms with Gasteiger partial charge >= 0.3 is 0 Å². The number of rotatable bonds is 5. The summed E-state index contributed by atoms with van der Waals surface area (Å²) in [6.07, 6.45) is 0. The molecule has 2 amide bonds. The minimum Gasteiger partial charge on any atom is -0.322 e. The second-order valence-electron chi connectivity index (χ2n) is 6.22. The molecule has 0 unspecified atom stereocenters. The number of hydrogen-bond donors (Lipinski definition) is 2. The van der Waals surface area contributed by atoms with Gasteiger partial charge in [0.15, 0.2) is 0 Å². The van der Waals surface area contributed by atoms with Gasteiger partial charge in [0.1, 0.15) is 0 Å². The molecule has 0 aliphatic heterocycles. The third-order valence-corrected chi connectivity index (χ3v) is 4.52. The van der Waals surface area contributed by atoms with Crippen LogP contribution in [0, 0.1) is 17.0 Å². The number of nitro benzene ring substituents is 1. The summed E-state index contributed by atoms with van der Waals surface area (Å²) in [4.78, 5) is 35.2. The van der Waals surface area contributed by atoms with Crippen molar-refractivity contribution in [3.8, 4) is 0 Å². The fourth-order valence-corrected chi connectivity index (χ4v) is 2.85. The maximum absolute atomic E-state index is 12.4. The van der Waals surface area contributed by atoms with Crippen LogP contribution < -0.4 is 10.6 Å². The van der Waals surface area contributed by atoms with Crippen molar-refractivity contribution in [2.75, 3.05) is 10.6 Å². The second kappa shape index (κ2) is 8.53. The predicted octanol–water partition coefficient (Wildman–Crippen LogP) is 5.06. The molecule has 0 aliphatic rings. The highest BCUT2D eigenvalue weighted by atomic mass is 35.5. The van der Waals surface area contributed by atoms with E-state index in [4.69, 9.17) is 11.6 Å². The molecule has 29 heavy (non-hydrogen) atoms. The molecule has 3 aromatic carbocycles. The molecule has 0 heterocycles. The van der Waals surface area contributed by atoms with E-state index in [9.17, 15) is 19.7 Å². The van der Waals surface area contributed by atoms with Gasteiger partial charge in [0.2, 0.25) is 0 Å². The molecule has 3 rings (SSSR count). The van der Waals surface area contributed by atoms with Crippen LogP contribution in [0.5, 0.6) is 0 Å². The van der Waals surface area contributed by atoms with Crippen LogP contribution >= 0.6 is 11.6 Å². The van der Waals surface area contributed by atoms with E-state index in [1.54, 1.807) is 55.5 Å². The molecule has 146 valence electrons. The molecule has 0 atom stereocenters. The number of anilines is 2. The summed E-state index contributed by atoms with van der Waals surface area (Å²) in [6.45, 7) is 1.61. The van der Waals surface area contributed by atoms with Gasteiger partial charge in [-0.05, 0) is 49.4 Å². The van der Waals surface area contributed by atoms with E-state index < -0.39 is 10.8 Å². The summed E-state index contributed by atoms with van der Waals surface area (Å²) in [5.74, 6) is -0.819. The van der Waals surface area contributed by atoms with Crippen LogP contribution in [0.15, 0.2) is 66.7 Å². The lowest BCUT2D eigenvalue weighted by molar-refractivity contribution is -0.385. The van der Waals surface area contributed by atoms with Gasteiger partial charge in [-0.25, -0.2) is 0 Å². The van der Waals surface area contributed by atoms with Gasteiger partial charge in [-0.15, -0.1) is 0 Å². The summed E-state index contributed by atoms with van der Waals surface area (Å²) >= 11 is 6.02. The largest absolute Gasteiger partial charge is 0.322 e. The molecular weight excluding hydrogens is 394 g/mol. The van der Waals surface area contributed by atoms with Gasteiger partial charge in [0.05, 0.1) is 15.5 Å². The fraction of sp³-hybridized carbons (Fsp3) is 0.0476. The van der Waals surface area contributed by atoms with Crippen molar-refractivity contribution in [1.29, 1.82) is 0 Å². The maximum atomic E-state index is 12.4. The Labute approximate surface area is 171 Å². The molecule has 0 radical (unpaired) electrons. The van der Waals surface area contributed by atoms with Crippen LogP contribution in [-0.4, -0.2) is 16.7 Å². The van der Waals surface area contributed by atoms with E-state index in [0.29, 0.717) is 27.5 Å². The highest BCUT2D eigenvalue weighted by molar-refractivity contribution is 6.34. The summed E-state index contributed by atoms with van der Waals surface area (Å²) in [6, 6.07) is 17.5. The lowest BCUT2D eigenvalue weighted by Crippen LogP contribution is -2.13. The number of benzene rings is 3. The first-order valence-electron chi connectivity index (χ1n) is 8.57. The van der Waals surface area contributed by atoms with E-state index in [0.717, 1.165) is 0 Å². The van der Waals surface area contributed by atoms with E-state index in [2.05, 4.69) is 10.6 Å². The predicted molar refractivity (Wildman–Crippen MR) is 112 cm³/mol. The lowest BCUT2D eigenvalue weighted by Gasteiger charge is -2.09. The minimum absolute atomic E-state index is 0.115. The molecule has 0 saturated carbocycles. The normalized spacial score (nSPS) is 10.3. The molecule has 0 saturated heterocycles. The van der Waals surface area contributed by atoms with Crippen molar-refractivity contribution in [2.45, 2.75) is 6.92 Å². The average Bonchev–Trinajstić information content (AvgIpc) is 2.69. The summed E-state index contributed by atoms with van der Waals surface area (Å²) in [5.41, 5.74) is 1.90. The highest BCUT2D eigenvalue weighted by Crippen LogP contribution is 2.21. The Kier molecular flexibility index (Phi) is 5.90. The maximum Gasteiger partial charge on any atom is 0.273 e. The number of nitrogens with one attached hydrogen (secondary N) is 2. The van der Waals surface area contributed by atoms with Crippen LogP contribution in [0.1, 0.15) is 26.3 Å². The van der Waals surface area contributed by atoms with Crippen LogP contribution in [0.4, 0.5) is 17.1 Å². The van der Waals surface area contributed by atoms with E-state index in [1.807, 2.05) is 0 Å². The average molecular weight is 410 g/mol. The van der Waals surface area contributed by atoms with Gasteiger partial charge in [-0.1, -0.05) is 29.8 Å². The van der Waals surface area contributed by atoms with Crippen molar-refractivity contribution < 1.29 is 14.5 Å². The second-order valence-corrected chi connectivity index (χ2v) is 6.63. The van der Waals surface area contributed by atoms with Crippen LogP contribution in [-0.2, 0) is 0 Å². The third-order valence-electron chi connectivity index (χ3n) is 4.19. The first-order chi connectivity index (χ1) is 13.8. The molecule has 0 fully saturated rings. The summed E-state index contributed by atoms with van der Waals surface area (Å²) in [7, 11) is 0. The lowest BCUT2D eigenvalue weighted by atomic mass is 10.1. The molecule has 0 spiro atoms. The van der Waals surface area contributed by atoms with Gasteiger partial charge in [0.25, 0.3) is 17.5 Å². The Morgan fingerprint density at radius 3 is 2.07 bits per heavy atom. The first kappa shape index (κ1) is 20.0. The topological polar surface area (TPSA) is 101 Å². The van der Waals surface area contributed by atoms with Gasteiger partial charge in [0, 0.05) is 28.6 Å². The van der Waals surface area contributed by atoms with Gasteiger partial charge in [-0.3, -0.25) is 19.7 Å². The number of amides is 2. The van der Waals surface area contributed by atoms with Crippen LogP contribution in [0.3, 0.4) is 0 Å². The number of carbonyl (C=O) groups is 2. The molecule has 3 aromatic rings. The Morgan fingerprint density at radius 1 is 0.897 bits per heavy atom. The SMILES string of the molecule is Cc1ccc(C(=O)Nc2ccc(NC(=O)c3ccccc3Cl)cc2)cc1[N+](=O)[O-]. The van der Waals surface area contributed by atoms with Crippen molar-refractivity contribution in [2.24, 2.45) is 0 Å². The first-order valence-corrected chi connectivity index (χ1v) is 8.95. The molecule has 0 bridgehead atoms. The van der Waals surface area contributed by atoms with Crippen molar-refractivity contribution in [3.63, 3.8) is 0 Å². The van der Waals surface area contributed by atoms with Crippen molar-refractivity contribution in [3.05, 3.63) is 98.6 Å². The third kappa shape index (κ3) is 4.77. The number of hydrogen-bond acceptors (Lipinski definition) is 4. The zero-order chi connectivity index (χ0) is 21.0. The Morgan fingerprint density at radius 2 is 1.48 bits per heavy atom. The molecule has 0 aromatic heterocycles. The van der Waals surface area contributed by atoms with E-state index >= 15 is 0 Å². The number of nitro groups is 1. The highest BCUT2D eigenvalue weighted by Gasteiger charge is 2.15. The number of aryl methyl sites for hydroxylation is 1. The van der Waals surface area contributed by atoms with Crippen molar-refractivity contribution >= 4 is 40.5 Å². The monoisotopic (exact) mass is 409 g/mol. The van der Waals surface area contributed by atoms with Crippen LogP contribution in [0.25, 0.3) is 0 Å². The Bertz CT molecular complexity index is 1100. The zero-order valence-electron chi connectivity index (χ0n) is 15.3. The molecule has 0 aliphatic carbocycles. The fourth-order valence-electron chi connectivity index (χ4n) is 2.63. The summed E-state index contributed by atoms with van der Waals surface area (Å²) < 4.78 is 0. The standard InChI is InChI=1S/C21H16ClN3O4/c1-13-6-7-14(12-19(13)25(28)29)20(26)23-15-8-10-16(11-9-15)24-21(27)17-4-2-3-5-18(17)22/h2-12H,1H3,(H,23,26)(H,24,27). The smallest absolute Gasteiger partial charge is 0.273 e. The van der Waals surface area contributed by atoms with Crippen LogP contribution in [0.2, 0.25) is 5.02 Å². The quantitative estimate of drug-likeness (QED) is 0.454. The number of halogens is 1. The molecule has 2 N–H and O–H groups in total. The molecule has 7 nitrogen and oxygen atoms in total. The summed E-state index contributed by atoms with van der Waals surface area (Å²) in [5, 5.41) is 16.8. The zero-order valence-corrected chi connectivity index (χ0v) is 16.1. The molecular formula is C21H16ClN3O4. The van der Waals surface area contributed by atoms with E-state index in [1.165, 1.54) is 18.2 Å². The van der Waals surface area contributed by atoms with Gasteiger partial charge < -0.3 is 10.6 Å². The van der Waals surface area contributed by atoms with E-state index in [-0.39, 0.29) is 17.2 Å². The molecule has 8 heteroatoms. The number of nitrogens with zero attached hydrogens (tertiary/aromatic N) is 1. The van der Waals surface area contributed by atoms with Gasteiger partial charge in [-0.2, -0.15) is 0 Å². The Balaban J connectivity index is 1.68. The van der Waals surface area contributed by atoms with Crippen molar-refractivity contribution in [1.82, 2.24) is 0 Å². The number of carbonyl (C=O) groups excluding carboxylic acids is 2. The minimum atomic E-state index is -0.525. The Hall–Kier alpha value is -3.71.